The summed E-state index contributed by atoms with van der Waals surface area (Å²) >= 11 is 1.85. The second-order valence-electron chi connectivity index (χ2n) is 3.22. The molecule has 1 aromatic rings. The highest BCUT2D eigenvalue weighted by atomic mass is 32.1. The molecule has 2 heteroatoms. The Labute approximate surface area is 84.5 Å². The van der Waals surface area contributed by atoms with E-state index < -0.39 is 0 Å². The highest BCUT2D eigenvalue weighted by Crippen LogP contribution is 2.17. The van der Waals surface area contributed by atoms with Crippen molar-refractivity contribution in [1.82, 2.24) is 5.32 Å². The van der Waals surface area contributed by atoms with Crippen LogP contribution in [0.15, 0.2) is 17.7 Å². The second-order valence-corrected chi connectivity index (χ2v) is 4.54. The molecule has 13 heavy (non-hydrogen) atoms. The summed E-state index contributed by atoms with van der Waals surface area (Å²) in [6.07, 6.45) is 2.25. The summed E-state index contributed by atoms with van der Waals surface area (Å²) in [4.78, 5) is 2.73. The van der Waals surface area contributed by atoms with Gasteiger partial charge in [-0.1, -0.05) is 12.5 Å². The van der Waals surface area contributed by atoms with Crippen molar-refractivity contribution in [2.45, 2.75) is 20.8 Å². The third-order valence-corrected chi connectivity index (χ3v) is 2.75. The van der Waals surface area contributed by atoms with Crippen molar-refractivity contribution in [2.75, 3.05) is 13.1 Å². The van der Waals surface area contributed by atoms with Gasteiger partial charge in [-0.05, 0) is 38.6 Å². The van der Waals surface area contributed by atoms with Crippen LogP contribution in [0.2, 0.25) is 0 Å². The van der Waals surface area contributed by atoms with Gasteiger partial charge < -0.3 is 5.32 Å². The molecular weight excluding hydrogens is 178 g/mol. The zero-order valence-corrected chi connectivity index (χ0v) is 9.37. The molecule has 0 radical (unpaired) electrons. The first-order chi connectivity index (χ1) is 6.22. The first kappa shape index (κ1) is 10.5. The SMILES string of the molecule is CCNCC(C)=Cc1ccc(C)s1. The van der Waals surface area contributed by atoms with Gasteiger partial charge in [0.15, 0.2) is 0 Å². The average Bonchev–Trinajstić information content (AvgIpc) is 2.48. The summed E-state index contributed by atoms with van der Waals surface area (Å²) in [5.74, 6) is 0. The van der Waals surface area contributed by atoms with Crippen LogP contribution in [0, 0.1) is 6.92 Å². The summed E-state index contributed by atoms with van der Waals surface area (Å²) < 4.78 is 0. The lowest BCUT2D eigenvalue weighted by Gasteiger charge is -2.00. The zero-order valence-electron chi connectivity index (χ0n) is 8.55. The molecular formula is C11H17NS. The van der Waals surface area contributed by atoms with Gasteiger partial charge in [0.25, 0.3) is 0 Å². The largest absolute Gasteiger partial charge is 0.313 e. The molecule has 0 fully saturated rings. The van der Waals surface area contributed by atoms with Gasteiger partial charge in [0.2, 0.25) is 0 Å². The molecule has 1 heterocycles. The highest BCUT2D eigenvalue weighted by Gasteiger charge is 1.93. The molecule has 0 aliphatic heterocycles. The molecule has 0 spiro atoms. The molecule has 72 valence electrons. The van der Waals surface area contributed by atoms with Gasteiger partial charge in [-0.15, -0.1) is 11.3 Å². The quantitative estimate of drug-likeness (QED) is 0.778. The summed E-state index contributed by atoms with van der Waals surface area (Å²) in [5.41, 5.74) is 1.39. The van der Waals surface area contributed by atoms with Crippen LogP contribution in [-0.4, -0.2) is 13.1 Å². The maximum atomic E-state index is 3.31. The second kappa shape index (κ2) is 5.20. The van der Waals surface area contributed by atoms with E-state index in [1.54, 1.807) is 0 Å². The van der Waals surface area contributed by atoms with Gasteiger partial charge >= 0.3 is 0 Å². The number of hydrogen-bond donors (Lipinski definition) is 1. The molecule has 1 rings (SSSR count). The molecule has 0 aliphatic carbocycles. The average molecular weight is 195 g/mol. The molecule has 0 amide bonds. The topological polar surface area (TPSA) is 12.0 Å². The van der Waals surface area contributed by atoms with Crippen LogP contribution in [0.25, 0.3) is 6.08 Å². The third kappa shape index (κ3) is 3.75. The van der Waals surface area contributed by atoms with Gasteiger partial charge in [-0.25, -0.2) is 0 Å². The summed E-state index contributed by atoms with van der Waals surface area (Å²) in [6.45, 7) is 8.46. The van der Waals surface area contributed by atoms with E-state index in [1.165, 1.54) is 15.3 Å². The normalized spacial score (nSPS) is 12.1. The van der Waals surface area contributed by atoms with Crippen LogP contribution in [0.5, 0.6) is 0 Å². The number of rotatable bonds is 4. The Morgan fingerprint density at radius 1 is 1.54 bits per heavy atom. The molecule has 0 aromatic carbocycles. The minimum atomic E-state index is 0.993. The summed E-state index contributed by atoms with van der Waals surface area (Å²) in [7, 11) is 0. The van der Waals surface area contributed by atoms with E-state index in [-0.39, 0.29) is 0 Å². The predicted molar refractivity (Wildman–Crippen MR) is 61.3 cm³/mol. The van der Waals surface area contributed by atoms with Crippen molar-refractivity contribution < 1.29 is 0 Å². The van der Waals surface area contributed by atoms with Crippen LogP contribution in [0.4, 0.5) is 0 Å². The van der Waals surface area contributed by atoms with E-state index >= 15 is 0 Å². The van der Waals surface area contributed by atoms with Gasteiger partial charge in [0.1, 0.15) is 0 Å². The predicted octanol–water partition coefficient (Wildman–Crippen LogP) is 3.07. The Morgan fingerprint density at radius 3 is 2.85 bits per heavy atom. The lowest BCUT2D eigenvalue weighted by atomic mass is 10.2. The molecule has 1 aromatic heterocycles. The number of hydrogen-bond acceptors (Lipinski definition) is 2. The van der Waals surface area contributed by atoms with Crippen LogP contribution in [0.3, 0.4) is 0 Å². The molecule has 0 aliphatic rings. The molecule has 0 atom stereocenters. The van der Waals surface area contributed by atoms with Crippen molar-refractivity contribution in [3.05, 3.63) is 27.5 Å². The van der Waals surface area contributed by atoms with Gasteiger partial charge in [-0.2, -0.15) is 0 Å². The van der Waals surface area contributed by atoms with E-state index in [0.717, 1.165) is 13.1 Å². The molecule has 0 saturated carbocycles. The first-order valence-corrected chi connectivity index (χ1v) is 5.48. The van der Waals surface area contributed by atoms with Crippen molar-refractivity contribution in [3.8, 4) is 0 Å². The minimum absolute atomic E-state index is 0.993. The van der Waals surface area contributed by atoms with Gasteiger partial charge in [-0.3, -0.25) is 0 Å². The Kier molecular flexibility index (Phi) is 4.19. The van der Waals surface area contributed by atoms with Crippen LogP contribution < -0.4 is 5.32 Å². The Bertz CT molecular complexity index is 286. The Balaban J connectivity index is 2.54. The van der Waals surface area contributed by atoms with Crippen molar-refractivity contribution >= 4 is 17.4 Å². The Hall–Kier alpha value is -0.600. The minimum Gasteiger partial charge on any atom is -0.313 e. The fourth-order valence-electron chi connectivity index (χ4n) is 1.15. The molecule has 0 saturated heterocycles. The lowest BCUT2D eigenvalue weighted by molar-refractivity contribution is 0.779. The van der Waals surface area contributed by atoms with Crippen LogP contribution >= 0.6 is 11.3 Å². The first-order valence-electron chi connectivity index (χ1n) is 4.66. The molecule has 1 N–H and O–H groups in total. The van der Waals surface area contributed by atoms with E-state index in [1.807, 2.05) is 11.3 Å². The Morgan fingerprint density at radius 2 is 2.31 bits per heavy atom. The fraction of sp³-hybridized carbons (Fsp3) is 0.455. The number of nitrogens with one attached hydrogen (secondary N) is 1. The number of likely N-dealkylation sites (N-methyl/N-ethyl adjacent to an activating group) is 1. The number of aryl methyl sites for hydroxylation is 1. The molecule has 0 unspecified atom stereocenters. The van der Waals surface area contributed by atoms with Crippen molar-refractivity contribution in [2.24, 2.45) is 0 Å². The van der Waals surface area contributed by atoms with E-state index in [2.05, 4.69) is 44.3 Å². The summed E-state index contributed by atoms with van der Waals surface area (Å²) in [5, 5.41) is 3.31. The van der Waals surface area contributed by atoms with E-state index in [0.29, 0.717) is 0 Å². The van der Waals surface area contributed by atoms with Crippen LogP contribution in [0.1, 0.15) is 23.6 Å². The lowest BCUT2D eigenvalue weighted by Crippen LogP contribution is -2.14. The summed E-state index contributed by atoms with van der Waals surface area (Å²) in [6, 6.07) is 4.34. The smallest absolute Gasteiger partial charge is 0.0273 e. The van der Waals surface area contributed by atoms with E-state index in [9.17, 15) is 0 Å². The molecule has 0 bridgehead atoms. The van der Waals surface area contributed by atoms with Gasteiger partial charge in [0, 0.05) is 16.3 Å². The monoisotopic (exact) mass is 195 g/mol. The van der Waals surface area contributed by atoms with Crippen molar-refractivity contribution in [1.29, 1.82) is 0 Å². The molecule has 1 nitrogen and oxygen atoms in total. The van der Waals surface area contributed by atoms with Crippen molar-refractivity contribution in [3.63, 3.8) is 0 Å². The third-order valence-electron chi connectivity index (χ3n) is 1.80. The fourth-order valence-corrected chi connectivity index (χ4v) is 2.05. The van der Waals surface area contributed by atoms with E-state index in [4.69, 9.17) is 0 Å². The standard InChI is InChI=1S/C11H17NS/c1-4-12-8-9(2)7-11-6-5-10(3)13-11/h5-7,12H,4,8H2,1-3H3. The van der Waals surface area contributed by atoms with Gasteiger partial charge in [0.05, 0.1) is 0 Å². The highest BCUT2D eigenvalue weighted by molar-refractivity contribution is 7.12. The van der Waals surface area contributed by atoms with Crippen LogP contribution in [-0.2, 0) is 0 Å². The zero-order chi connectivity index (χ0) is 9.68. The maximum Gasteiger partial charge on any atom is 0.0273 e. The maximum absolute atomic E-state index is 3.31. The number of thiophene rings is 1.